The third-order valence-corrected chi connectivity index (χ3v) is 3.82. The zero-order valence-electron chi connectivity index (χ0n) is 13.6. The van der Waals surface area contributed by atoms with E-state index in [1.807, 2.05) is 0 Å². The smallest absolute Gasteiger partial charge is 0.217 e. The third kappa shape index (κ3) is 12.3. The number of hydrogen-bond donors (Lipinski definition) is 1. The number of carbonyl (C=O) groups excluding carboxylic acids is 1. The Balaban J connectivity index is 3.97. The van der Waals surface area contributed by atoms with Gasteiger partial charge in [0.1, 0.15) is 0 Å². The molecule has 0 bridgehead atoms. The SMILES string of the molecule is CCCCCCC(CCCCC)C[C@@H](C)NC(C)=O. The lowest BCUT2D eigenvalue weighted by molar-refractivity contribution is -0.119. The molecule has 2 atom stereocenters. The highest BCUT2D eigenvalue weighted by atomic mass is 16.1. The topological polar surface area (TPSA) is 29.1 Å². The minimum absolute atomic E-state index is 0.103. The molecule has 114 valence electrons. The van der Waals surface area contributed by atoms with Crippen molar-refractivity contribution in [1.82, 2.24) is 5.32 Å². The first-order chi connectivity index (χ1) is 9.10. The lowest BCUT2D eigenvalue weighted by Gasteiger charge is -2.21. The lowest BCUT2D eigenvalue weighted by atomic mass is 9.89. The Hall–Kier alpha value is -0.530. The average molecular weight is 269 g/mol. The van der Waals surface area contributed by atoms with Gasteiger partial charge in [-0.15, -0.1) is 0 Å². The summed E-state index contributed by atoms with van der Waals surface area (Å²) in [7, 11) is 0. The van der Waals surface area contributed by atoms with Crippen molar-refractivity contribution in [3.05, 3.63) is 0 Å². The van der Waals surface area contributed by atoms with Crippen molar-refractivity contribution < 1.29 is 4.79 Å². The number of unbranched alkanes of at least 4 members (excludes halogenated alkanes) is 5. The summed E-state index contributed by atoms with van der Waals surface area (Å²) in [4.78, 5) is 11.1. The van der Waals surface area contributed by atoms with E-state index in [0.29, 0.717) is 6.04 Å². The standard InChI is InChI=1S/C17H35NO/c1-5-7-9-11-13-17(12-10-8-6-2)14-15(3)18-16(4)19/h15,17H,5-14H2,1-4H3,(H,18,19)/t15-,17?/m1/s1. The van der Waals surface area contributed by atoms with Gasteiger partial charge in [-0.25, -0.2) is 0 Å². The summed E-state index contributed by atoms with van der Waals surface area (Å²) in [5, 5.41) is 3.03. The van der Waals surface area contributed by atoms with Gasteiger partial charge in [0.05, 0.1) is 0 Å². The van der Waals surface area contributed by atoms with Crippen LogP contribution in [0.25, 0.3) is 0 Å². The molecular weight excluding hydrogens is 234 g/mol. The number of rotatable bonds is 12. The van der Waals surface area contributed by atoms with Gasteiger partial charge in [-0.1, -0.05) is 71.6 Å². The highest BCUT2D eigenvalue weighted by molar-refractivity contribution is 5.73. The van der Waals surface area contributed by atoms with Gasteiger partial charge < -0.3 is 5.32 Å². The van der Waals surface area contributed by atoms with E-state index in [4.69, 9.17) is 0 Å². The summed E-state index contributed by atoms with van der Waals surface area (Å²) in [5.74, 6) is 0.899. The Labute approximate surface area is 120 Å². The maximum atomic E-state index is 11.1. The van der Waals surface area contributed by atoms with Crippen LogP contribution in [-0.2, 0) is 4.79 Å². The minimum Gasteiger partial charge on any atom is -0.354 e. The first-order valence-corrected chi connectivity index (χ1v) is 8.37. The van der Waals surface area contributed by atoms with Gasteiger partial charge in [0.15, 0.2) is 0 Å². The van der Waals surface area contributed by atoms with Crippen LogP contribution >= 0.6 is 0 Å². The van der Waals surface area contributed by atoms with E-state index in [0.717, 1.165) is 12.3 Å². The monoisotopic (exact) mass is 269 g/mol. The van der Waals surface area contributed by atoms with Crippen LogP contribution in [0.15, 0.2) is 0 Å². The van der Waals surface area contributed by atoms with Crippen molar-refractivity contribution in [1.29, 1.82) is 0 Å². The number of carbonyl (C=O) groups is 1. The molecule has 2 nitrogen and oxygen atoms in total. The predicted octanol–water partition coefficient (Wildman–Crippen LogP) is 5.07. The van der Waals surface area contributed by atoms with Crippen LogP contribution in [0.4, 0.5) is 0 Å². The summed E-state index contributed by atoms with van der Waals surface area (Å²) in [6.45, 7) is 8.28. The first-order valence-electron chi connectivity index (χ1n) is 8.37. The third-order valence-electron chi connectivity index (χ3n) is 3.82. The largest absolute Gasteiger partial charge is 0.354 e. The van der Waals surface area contributed by atoms with Gasteiger partial charge in [-0.05, 0) is 19.3 Å². The Morgan fingerprint density at radius 1 is 0.947 bits per heavy atom. The molecule has 1 amide bonds. The molecule has 19 heavy (non-hydrogen) atoms. The Kier molecular flexibility index (Phi) is 12.2. The summed E-state index contributed by atoms with van der Waals surface area (Å²) in [5.41, 5.74) is 0. The fraction of sp³-hybridized carbons (Fsp3) is 0.941. The second-order valence-electron chi connectivity index (χ2n) is 6.05. The van der Waals surface area contributed by atoms with E-state index in [1.54, 1.807) is 6.92 Å². The molecular formula is C17H35NO. The fourth-order valence-corrected chi connectivity index (χ4v) is 2.83. The Morgan fingerprint density at radius 3 is 2.00 bits per heavy atom. The molecule has 0 aromatic rings. The number of hydrogen-bond acceptors (Lipinski definition) is 1. The van der Waals surface area contributed by atoms with Crippen molar-refractivity contribution in [2.24, 2.45) is 5.92 Å². The molecule has 2 heteroatoms. The summed E-state index contributed by atoms with van der Waals surface area (Å²) < 4.78 is 0. The van der Waals surface area contributed by atoms with E-state index in [2.05, 4.69) is 26.1 Å². The number of nitrogens with one attached hydrogen (secondary N) is 1. The second-order valence-corrected chi connectivity index (χ2v) is 6.05. The van der Waals surface area contributed by atoms with Crippen LogP contribution in [-0.4, -0.2) is 11.9 Å². The van der Waals surface area contributed by atoms with E-state index in [-0.39, 0.29) is 5.91 Å². The molecule has 0 aliphatic rings. The molecule has 0 aromatic carbocycles. The van der Waals surface area contributed by atoms with Gasteiger partial charge in [-0.2, -0.15) is 0 Å². The molecule has 1 N–H and O–H groups in total. The maximum Gasteiger partial charge on any atom is 0.217 e. The molecule has 0 aliphatic heterocycles. The normalized spacial score (nSPS) is 14.1. The minimum atomic E-state index is 0.103. The van der Waals surface area contributed by atoms with Crippen LogP contribution in [0.1, 0.15) is 91.9 Å². The second kappa shape index (κ2) is 12.5. The highest BCUT2D eigenvalue weighted by Crippen LogP contribution is 2.22. The van der Waals surface area contributed by atoms with Crippen molar-refractivity contribution in [2.75, 3.05) is 0 Å². The molecule has 0 radical (unpaired) electrons. The fourth-order valence-electron chi connectivity index (χ4n) is 2.83. The molecule has 0 rings (SSSR count). The molecule has 0 saturated carbocycles. The molecule has 0 aliphatic carbocycles. The van der Waals surface area contributed by atoms with Crippen LogP contribution in [0.2, 0.25) is 0 Å². The van der Waals surface area contributed by atoms with Crippen LogP contribution in [0.3, 0.4) is 0 Å². The van der Waals surface area contributed by atoms with Crippen molar-refractivity contribution in [3.8, 4) is 0 Å². The van der Waals surface area contributed by atoms with Crippen LogP contribution < -0.4 is 5.32 Å². The quantitative estimate of drug-likeness (QED) is 0.492. The Morgan fingerprint density at radius 2 is 1.47 bits per heavy atom. The summed E-state index contributed by atoms with van der Waals surface area (Å²) in [6.07, 6.45) is 13.2. The van der Waals surface area contributed by atoms with E-state index >= 15 is 0 Å². The van der Waals surface area contributed by atoms with E-state index in [1.165, 1.54) is 57.8 Å². The molecule has 0 spiro atoms. The predicted molar refractivity (Wildman–Crippen MR) is 84.3 cm³/mol. The van der Waals surface area contributed by atoms with Gasteiger partial charge in [0.2, 0.25) is 5.91 Å². The highest BCUT2D eigenvalue weighted by Gasteiger charge is 2.13. The van der Waals surface area contributed by atoms with Gasteiger partial charge >= 0.3 is 0 Å². The molecule has 0 heterocycles. The van der Waals surface area contributed by atoms with Crippen molar-refractivity contribution in [2.45, 2.75) is 97.9 Å². The van der Waals surface area contributed by atoms with Crippen LogP contribution in [0, 0.1) is 5.92 Å². The lowest BCUT2D eigenvalue weighted by Crippen LogP contribution is -2.32. The van der Waals surface area contributed by atoms with Gasteiger partial charge in [-0.3, -0.25) is 4.79 Å². The van der Waals surface area contributed by atoms with Crippen molar-refractivity contribution in [3.63, 3.8) is 0 Å². The zero-order valence-corrected chi connectivity index (χ0v) is 13.6. The van der Waals surface area contributed by atoms with E-state index < -0.39 is 0 Å². The summed E-state index contributed by atoms with van der Waals surface area (Å²) >= 11 is 0. The van der Waals surface area contributed by atoms with Gasteiger partial charge in [0.25, 0.3) is 0 Å². The maximum absolute atomic E-state index is 11.1. The molecule has 0 fully saturated rings. The van der Waals surface area contributed by atoms with Crippen LogP contribution in [0.5, 0.6) is 0 Å². The first kappa shape index (κ1) is 18.5. The average Bonchev–Trinajstić information content (AvgIpc) is 2.33. The molecule has 0 saturated heterocycles. The summed E-state index contributed by atoms with van der Waals surface area (Å²) in [6, 6.07) is 0.329. The van der Waals surface area contributed by atoms with Crippen molar-refractivity contribution >= 4 is 5.91 Å². The number of amides is 1. The molecule has 1 unspecified atom stereocenters. The molecule has 0 aromatic heterocycles. The Bertz CT molecular complexity index is 215. The van der Waals surface area contributed by atoms with Gasteiger partial charge in [0, 0.05) is 13.0 Å². The zero-order chi connectivity index (χ0) is 14.5. The van der Waals surface area contributed by atoms with E-state index in [9.17, 15) is 4.79 Å².